The van der Waals surface area contributed by atoms with Crippen molar-refractivity contribution in [2.75, 3.05) is 33.2 Å². The molecular formula is C20H27F2N3O3. The fourth-order valence-electron chi connectivity index (χ4n) is 4.18. The van der Waals surface area contributed by atoms with Gasteiger partial charge in [-0.3, -0.25) is 9.59 Å². The van der Waals surface area contributed by atoms with E-state index in [1.807, 2.05) is 11.9 Å². The van der Waals surface area contributed by atoms with E-state index in [-0.39, 0.29) is 35.1 Å². The second-order valence-corrected chi connectivity index (χ2v) is 7.35. The number of carbonyl (C=O) groups excluding carboxylic acids is 2. The summed E-state index contributed by atoms with van der Waals surface area (Å²) in [4.78, 5) is 29.5. The number of hydrogen-bond donors (Lipinski definition) is 1. The molecule has 0 aliphatic carbocycles. The quantitative estimate of drug-likeness (QED) is 0.803. The molecule has 2 aliphatic rings. The van der Waals surface area contributed by atoms with Crippen LogP contribution in [0.4, 0.5) is 8.78 Å². The first-order chi connectivity index (χ1) is 13.5. The second kappa shape index (κ2) is 9.32. The number of nitrogens with zero attached hydrogens (tertiary/aromatic N) is 2. The lowest BCUT2D eigenvalue weighted by Gasteiger charge is -2.36. The predicted molar refractivity (Wildman–Crippen MR) is 100 cm³/mol. The molecule has 1 N–H and O–H groups in total. The monoisotopic (exact) mass is 395 g/mol. The normalized spacial score (nSPS) is 22.6. The summed E-state index contributed by atoms with van der Waals surface area (Å²) >= 11 is 0. The first kappa shape index (κ1) is 20.5. The van der Waals surface area contributed by atoms with Crippen LogP contribution < -0.4 is 10.1 Å². The second-order valence-electron chi connectivity index (χ2n) is 7.35. The molecule has 154 valence electrons. The summed E-state index contributed by atoms with van der Waals surface area (Å²) in [6, 6.07) is 6.20. The van der Waals surface area contributed by atoms with Gasteiger partial charge in [0.15, 0.2) is 0 Å². The van der Waals surface area contributed by atoms with Gasteiger partial charge < -0.3 is 19.9 Å². The molecule has 0 bridgehead atoms. The Balaban J connectivity index is 1.70. The first-order valence-corrected chi connectivity index (χ1v) is 9.79. The largest absolute Gasteiger partial charge is 0.434 e. The van der Waals surface area contributed by atoms with Crippen LogP contribution in [-0.2, 0) is 4.79 Å². The fourth-order valence-corrected chi connectivity index (χ4v) is 4.18. The molecule has 8 heteroatoms. The molecule has 2 atom stereocenters. The number of amides is 2. The van der Waals surface area contributed by atoms with Crippen molar-refractivity contribution in [1.29, 1.82) is 0 Å². The highest BCUT2D eigenvalue weighted by Gasteiger charge is 2.36. The van der Waals surface area contributed by atoms with Gasteiger partial charge in [-0.1, -0.05) is 12.1 Å². The van der Waals surface area contributed by atoms with Gasteiger partial charge in [0.25, 0.3) is 5.91 Å². The minimum absolute atomic E-state index is 0.0902. The van der Waals surface area contributed by atoms with E-state index in [0.29, 0.717) is 19.5 Å². The molecule has 2 unspecified atom stereocenters. The van der Waals surface area contributed by atoms with Gasteiger partial charge in [0, 0.05) is 32.2 Å². The minimum Gasteiger partial charge on any atom is -0.434 e. The number of rotatable bonds is 6. The highest BCUT2D eigenvalue weighted by molar-refractivity contribution is 5.97. The van der Waals surface area contributed by atoms with Crippen LogP contribution in [0.25, 0.3) is 0 Å². The average Bonchev–Trinajstić information content (AvgIpc) is 3.15. The highest BCUT2D eigenvalue weighted by Crippen LogP contribution is 2.27. The Bertz CT molecular complexity index is 701. The van der Waals surface area contributed by atoms with E-state index in [1.165, 1.54) is 12.1 Å². The summed E-state index contributed by atoms with van der Waals surface area (Å²) in [6.45, 7) is -0.668. The van der Waals surface area contributed by atoms with Crippen LogP contribution in [0.15, 0.2) is 24.3 Å². The van der Waals surface area contributed by atoms with Crippen molar-refractivity contribution in [3.63, 3.8) is 0 Å². The van der Waals surface area contributed by atoms with Crippen LogP contribution in [0.1, 0.15) is 36.0 Å². The summed E-state index contributed by atoms with van der Waals surface area (Å²) in [5.74, 6) is -0.669. The van der Waals surface area contributed by atoms with Crippen molar-refractivity contribution in [3.05, 3.63) is 29.8 Å². The number of halogens is 2. The van der Waals surface area contributed by atoms with Crippen molar-refractivity contribution >= 4 is 11.8 Å². The van der Waals surface area contributed by atoms with E-state index in [4.69, 9.17) is 0 Å². The molecule has 2 heterocycles. The van der Waals surface area contributed by atoms with Crippen molar-refractivity contribution in [2.45, 2.75) is 38.3 Å². The van der Waals surface area contributed by atoms with Crippen molar-refractivity contribution in [2.24, 2.45) is 5.92 Å². The molecule has 2 saturated heterocycles. The third kappa shape index (κ3) is 4.60. The smallest absolute Gasteiger partial charge is 0.387 e. The molecular weight excluding hydrogens is 368 g/mol. The summed E-state index contributed by atoms with van der Waals surface area (Å²) < 4.78 is 29.8. The molecule has 2 amide bonds. The number of likely N-dealkylation sites (tertiary alicyclic amines) is 2. The summed E-state index contributed by atoms with van der Waals surface area (Å²) in [6.07, 6.45) is 3.43. The molecule has 0 aromatic heterocycles. The molecule has 2 fully saturated rings. The third-order valence-corrected chi connectivity index (χ3v) is 5.49. The SMILES string of the molecule is CNCC1CCCN1C(=O)C1CCCN(C(=O)c2ccccc2OC(F)F)C1. The molecule has 0 saturated carbocycles. The average molecular weight is 395 g/mol. The topological polar surface area (TPSA) is 61.9 Å². The first-order valence-electron chi connectivity index (χ1n) is 9.79. The van der Waals surface area contributed by atoms with Crippen LogP contribution in [0, 0.1) is 5.92 Å². The van der Waals surface area contributed by atoms with Crippen molar-refractivity contribution in [1.82, 2.24) is 15.1 Å². The number of hydrogen-bond acceptors (Lipinski definition) is 4. The van der Waals surface area contributed by atoms with Crippen LogP contribution >= 0.6 is 0 Å². The summed E-state index contributed by atoms with van der Waals surface area (Å²) in [7, 11) is 1.88. The Hall–Kier alpha value is -2.22. The van der Waals surface area contributed by atoms with Crippen molar-refractivity contribution in [3.8, 4) is 5.75 Å². The van der Waals surface area contributed by atoms with Gasteiger partial charge in [-0.25, -0.2) is 0 Å². The lowest BCUT2D eigenvalue weighted by atomic mass is 9.95. The maximum Gasteiger partial charge on any atom is 0.387 e. The molecule has 0 radical (unpaired) electrons. The van der Waals surface area contributed by atoms with Gasteiger partial charge in [-0.15, -0.1) is 0 Å². The number of piperidine rings is 1. The lowest BCUT2D eigenvalue weighted by molar-refractivity contribution is -0.137. The zero-order valence-corrected chi connectivity index (χ0v) is 16.1. The Kier molecular flexibility index (Phi) is 6.83. The third-order valence-electron chi connectivity index (χ3n) is 5.49. The number of alkyl halides is 2. The van der Waals surface area contributed by atoms with Crippen LogP contribution in [0.5, 0.6) is 5.75 Å². The predicted octanol–water partition coefficient (Wildman–Crippen LogP) is 2.35. The van der Waals surface area contributed by atoms with E-state index in [2.05, 4.69) is 10.1 Å². The van der Waals surface area contributed by atoms with Gasteiger partial charge in [0.1, 0.15) is 5.75 Å². The standard InChI is InChI=1S/C20H27F2N3O3/c1-23-12-15-7-5-11-25(15)18(26)14-6-4-10-24(13-14)19(27)16-8-2-3-9-17(16)28-20(21)22/h2-3,8-9,14-15,20,23H,4-7,10-13H2,1H3. The maximum absolute atomic E-state index is 13.0. The molecule has 2 aliphatic heterocycles. The number of benzene rings is 1. The molecule has 28 heavy (non-hydrogen) atoms. The van der Waals surface area contributed by atoms with E-state index in [9.17, 15) is 18.4 Å². The van der Waals surface area contributed by atoms with Crippen molar-refractivity contribution < 1.29 is 23.1 Å². The molecule has 3 rings (SSSR count). The zero-order valence-electron chi connectivity index (χ0n) is 16.1. The number of carbonyl (C=O) groups is 2. The summed E-state index contributed by atoms with van der Waals surface area (Å²) in [5, 5.41) is 3.13. The van der Waals surface area contributed by atoms with Crippen LogP contribution in [0.2, 0.25) is 0 Å². The minimum atomic E-state index is -3.00. The lowest BCUT2D eigenvalue weighted by Crippen LogP contribution is -2.49. The molecule has 6 nitrogen and oxygen atoms in total. The summed E-state index contributed by atoms with van der Waals surface area (Å²) in [5.41, 5.74) is 0.102. The Labute approximate surface area is 163 Å². The Morgan fingerprint density at radius 2 is 1.96 bits per heavy atom. The van der Waals surface area contributed by atoms with Gasteiger partial charge in [0.05, 0.1) is 11.5 Å². The van der Waals surface area contributed by atoms with Gasteiger partial charge in [0.2, 0.25) is 5.91 Å². The number of likely N-dealkylation sites (N-methyl/N-ethyl adjacent to an activating group) is 1. The van der Waals surface area contributed by atoms with E-state index >= 15 is 0 Å². The van der Waals surface area contributed by atoms with E-state index < -0.39 is 6.61 Å². The van der Waals surface area contributed by atoms with Crippen LogP contribution in [-0.4, -0.2) is 67.5 Å². The number of para-hydroxylation sites is 1. The highest BCUT2D eigenvalue weighted by atomic mass is 19.3. The molecule has 1 aromatic rings. The van der Waals surface area contributed by atoms with Crippen LogP contribution in [0.3, 0.4) is 0 Å². The van der Waals surface area contributed by atoms with Gasteiger partial charge in [-0.2, -0.15) is 8.78 Å². The van der Waals surface area contributed by atoms with E-state index in [0.717, 1.165) is 32.4 Å². The van der Waals surface area contributed by atoms with Gasteiger partial charge >= 0.3 is 6.61 Å². The molecule has 1 aromatic carbocycles. The zero-order chi connectivity index (χ0) is 20.1. The van der Waals surface area contributed by atoms with Gasteiger partial charge in [-0.05, 0) is 44.9 Å². The molecule has 0 spiro atoms. The Morgan fingerprint density at radius 1 is 1.21 bits per heavy atom. The fraction of sp³-hybridized carbons (Fsp3) is 0.600. The number of nitrogens with one attached hydrogen (secondary N) is 1. The Morgan fingerprint density at radius 3 is 2.71 bits per heavy atom. The van der Waals surface area contributed by atoms with E-state index in [1.54, 1.807) is 17.0 Å². The maximum atomic E-state index is 13.0. The number of ether oxygens (including phenoxy) is 1.